The fraction of sp³-hybridized carbons (Fsp3) is 0.286. The molecular weight excluding hydrogens is 258 g/mol. The van der Waals surface area contributed by atoms with E-state index < -0.39 is 0 Å². The number of amides is 1. The van der Waals surface area contributed by atoms with Gasteiger partial charge < -0.3 is 10.6 Å². The van der Waals surface area contributed by atoms with Crippen LogP contribution < -0.4 is 10.6 Å². The molecule has 0 radical (unpaired) electrons. The van der Waals surface area contributed by atoms with Crippen LogP contribution in [0.25, 0.3) is 0 Å². The summed E-state index contributed by atoms with van der Waals surface area (Å²) < 4.78 is 0. The maximum atomic E-state index is 12.0. The van der Waals surface area contributed by atoms with Crippen molar-refractivity contribution in [3.63, 3.8) is 0 Å². The Morgan fingerprint density at radius 1 is 1.42 bits per heavy atom. The van der Waals surface area contributed by atoms with Crippen molar-refractivity contribution < 1.29 is 4.79 Å². The van der Waals surface area contributed by atoms with Crippen LogP contribution in [0.5, 0.6) is 0 Å². The highest BCUT2D eigenvalue weighted by Gasteiger charge is 2.08. The molecule has 0 saturated heterocycles. The van der Waals surface area contributed by atoms with Gasteiger partial charge in [-0.25, -0.2) is 4.98 Å². The second-order valence-corrected chi connectivity index (χ2v) is 5.09. The number of aromatic nitrogens is 1. The number of rotatable bonds is 5. The lowest BCUT2D eigenvalue weighted by molar-refractivity contribution is 0.0951. The van der Waals surface area contributed by atoms with Gasteiger partial charge in [-0.1, -0.05) is 6.92 Å². The minimum absolute atomic E-state index is 0.0747. The lowest BCUT2D eigenvalue weighted by Gasteiger charge is -2.06. The molecule has 2 rings (SSSR count). The Hall–Kier alpha value is -1.88. The average Bonchev–Trinajstić information content (AvgIpc) is 2.92. The van der Waals surface area contributed by atoms with Crippen molar-refractivity contribution >= 4 is 23.1 Å². The van der Waals surface area contributed by atoms with Crippen LogP contribution >= 0.6 is 11.3 Å². The molecule has 0 spiro atoms. The number of nitrogens with one attached hydrogen (secondary N) is 2. The van der Waals surface area contributed by atoms with Crippen molar-refractivity contribution in [1.82, 2.24) is 10.3 Å². The van der Waals surface area contributed by atoms with E-state index in [0.717, 1.165) is 6.42 Å². The minimum atomic E-state index is -0.0747. The molecule has 0 aliphatic heterocycles. The van der Waals surface area contributed by atoms with Crippen molar-refractivity contribution in [2.45, 2.75) is 19.9 Å². The van der Waals surface area contributed by atoms with Crippen LogP contribution in [0.4, 0.5) is 5.82 Å². The first-order valence-electron chi connectivity index (χ1n) is 6.21. The Kier molecular flexibility index (Phi) is 4.52. The van der Waals surface area contributed by atoms with Crippen LogP contribution in [0.15, 0.2) is 29.8 Å². The molecule has 5 heteroatoms. The van der Waals surface area contributed by atoms with Crippen LogP contribution in [0, 0.1) is 0 Å². The highest BCUT2D eigenvalue weighted by molar-refractivity contribution is 7.10. The summed E-state index contributed by atoms with van der Waals surface area (Å²) in [6, 6.07) is 5.56. The third-order valence-electron chi connectivity index (χ3n) is 2.91. The first kappa shape index (κ1) is 13.5. The molecule has 2 N–H and O–H groups in total. The summed E-state index contributed by atoms with van der Waals surface area (Å²) in [5, 5.41) is 7.93. The van der Waals surface area contributed by atoms with Crippen molar-refractivity contribution in [3.8, 4) is 0 Å². The van der Waals surface area contributed by atoms with Crippen molar-refractivity contribution in [2.24, 2.45) is 0 Å². The van der Waals surface area contributed by atoms with E-state index in [2.05, 4.69) is 34.0 Å². The molecule has 0 aromatic carbocycles. The van der Waals surface area contributed by atoms with Gasteiger partial charge >= 0.3 is 0 Å². The zero-order valence-electron chi connectivity index (χ0n) is 11.1. The van der Waals surface area contributed by atoms with E-state index in [0.29, 0.717) is 17.9 Å². The van der Waals surface area contributed by atoms with Crippen molar-refractivity contribution in [1.29, 1.82) is 0 Å². The van der Waals surface area contributed by atoms with Gasteiger partial charge in [-0.15, -0.1) is 11.3 Å². The van der Waals surface area contributed by atoms with Crippen LogP contribution in [0.2, 0.25) is 0 Å². The third kappa shape index (κ3) is 3.32. The molecule has 4 nitrogen and oxygen atoms in total. The molecule has 19 heavy (non-hydrogen) atoms. The maximum absolute atomic E-state index is 12.0. The molecule has 2 heterocycles. The highest BCUT2D eigenvalue weighted by atomic mass is 32.1. The molecule has 0 aliphatic rings. The summed E-state index contributed by atoms with van der Waals surface area (Å²) in [5.74, 6) is 0.618. The number of hydrogen-bond acceptors (Lipinski definition) is 4. The van der Waals surface area contributed by atoms with Gasteiger partial charge in [0.2, 0.25) is 0 Å². The van der Waals surface area contributed by atoms with E-state index in [1.165, 1.54) is 10.4 Å². The summed E-state index contributed by atoms with van der Waals surface area (Å²) in [6.45, 7) is 2.70. The average molecular weight is 275 g/mol. The highest BCUT2D eigenvalue weighted by Crippen LogP contribution is 2.17. The lowest BCUT2D eigenvalue weighted by Crippen LogP contribution is -2.22. The normalized spacial score (nSPS) is 10.2. The van der Waals surface area contributed by atoms with Gasteiger partial charge in [-0.2, -0.15) is 0 Å². The molecule has 0 fully saturated rings. The number of aryl methyl sites for hydroxylation is 1. The molecule has 0 unspecified atom stereocenters. The van der Waals surface area contributed by atoms with Gasteiger partial charge in [0.1, 0.15) is 5.82 Å². The van der Waals surface area contributed by atoms with E-state index in [9.17, 15) is 4.79 Å². The maximum Gasteiger partial charge on any atom is 0.251 e. The quantitative estimate of drug-likeness (QED) is 0.882. The van der Waals surface area contributed by atoms with Gasteiger partial charge in [-0.05, 0) is 35.6 Å². The Balaban J connectivity index is 2.01. The van der Waals surface area contributed by atoms with Crippen LogP contribution in [0.1, 0.15) is 27.7 Å². The Morgan fingerprint density at radius 3 is 3.00 bits per heavy atom. The van der Waals surface area contributed by atoms with Gasteiger partial charge in [0, 0.05) is 23.7 Å². The summed E-state index contributed by atoms with van der Waals surface area (Å²) in [7, 11) is 1.78. The predicted molar refractivity (Wildman–Crippen MR) is 78.7 cm³/mol. The van der Waals surface area contributed by atoms with E-state index >= 15 is 0 Å². The number of carbonyl (C=O) groups excluding carboxylic acids is 1. The monoisotopic (exact) mass is 275 g/mol. The zero-order chi connectivity index (χ0) is 13.7. The molecule has 0 saturated carbocycles. The van der Waals surface area contributed by atoms with Gasteiger partial charge in [0.15, 0.2) is 0 Å². The second kappa shape index (κ2) is 6.33. The zero-order valence-corrected chi connectivity index (χ0v) is 11.9. The SMILES string of the molecule is CCc1ccsc1CNC(=O)c1ccnc(NC)c1. The predicted octanol–water partition coefficient (Wildman–Crippen LogP) is 2.68. The number of carbonyl (C=O) groups is 1. The van der Waals surface area contributed by atoms with Crippen molar-refractivity contribution in [3.05, 3.63) is 45.8 Å². The molecule has 100 valence electrons. The summed E-state index contributed by atoms with van der Waals surface area (Å²) in [6.07, 6.45) is 2.62. The first-order chi connectivity index (χ1) is 9.24. The van der Waals surface area contributed by atoms with Crippen molar-refractivity contribution in [2.75, 3.05) is 12.4 Å². The smallest absolute Gasteiger partial charge is 0.251 e. The molecule has 1 amide bonds. The number of thiophene rings is 1. The molecule has 2 aromatic rings. The molecular formula is C14H17N3OS. The van der Waals surface area contributed by atoms with Crippen LogP contribution in [-0.4, -0.2) is 17.9 Å². The number of pyridine rings is 1. The van der Waals surface area contributed by atoms with Gasteiger partial charge in [-0.3, -0.25) is 4.79 Å². The fourth-order valence-corrected chi connectivity index (χ4v) is 2.72. The summed E-state index contributed by atoms with van der Waals surface area (Å²) in [4.78, 5) is 17.4. The molecule has 0 atom stereocenters. The summed E-state index contributed by atoms with van der Waals surface area (Å²) >= 11 is 1.68. The van der Waals surface area contributed by atoms with E-state index in [-0.39, 0.29) is 5.91 Å². The first-order valence-corrected chi connectivity index (χ1v) is 7.09. The lowest BCUT2D eigenvalue weighted by atomic mass is 10.2. The fourth-order valence-electron chi connectivity index (χ4n) is 1.81. The molecule has 2 aromatic heterocycles. The standard InChI is InChI=1S/C14H17N3OS/c1-3-10-5-7-19-12(10)9-17-14(18)11-4-6-16-13(8-11)15-2/h4-8H,3,9H2,1-2H3,(H,15,16)(H,17,18). The summed E-state index contributed by atoms with van der Waals surface area (Å²) in [5.41, 5.74) is 1.92. The Morgan fingerprint density at radius 2 is 2.26 bits per heavy atom. The molecule has 0 bridgehead atoms. The Bertz CT molecular complexity index is 565. The largest absolute Gasteiger partial charge is 0.373 e. The van der Waals surface area contributed by atoms with E-state index in [1.54, 1.807) is 36.7 Å². The van der Waals surface area contributed by atoms with E-state index in [4.69, 9.17) is 0 Å². The minimum Gasteiger partial charge on any atom is -0.373 e. The Labute approximate surface area is 116 Å². The third-order valence-corrected chi connectivity index (χ3v) is 3.87. The van der Waals surface area contributed by atoms with Gasteiger partial charge in [0.05, 0.1) is 6.54 Å². The van der Waals surface area contributed by atoms with E-state index in [1.807, 2.05) is 0 Å². The number of hydrogen-bond donors (Lipinski definition) is 2. The number of nitrogens with zero attached hydrogens (tertiary/aromatic N) is 1. The number of anilines is 1. The second-order valence-electron chi connectivity index (χ2n) is 4.09. The molecule has 0 aliphatic carbocycles. The van der Waals surface area contributed by atoms with Gasteiger partial charge in [0.25, 0.3) is 5.91 Å². The van der Waals surface area contributed by atoms with Crippen LogP contribution in [-0.2, 0) is 13.0 Å². The topological polar surface area (TPSA) is 54.0 Å². The van der Waals surface area contributed by atoms with Crippen LogP contribution in [0.3, 0.4) is 0 Å².